The first-order valence-corrected chi connectivity index (χ1v) is 11.6. The van der Waals surface area contributed by atoms with Crippen LogP contribution < -0.4 is 5.32 Å². The van der Waals surface area contributed by atoms with Crippen LogP contribution in [0.15, 0.2) is 28.8 Å². The quantitative estimate of drug-likeness (QED) is 0.786. The number of rotatable bonds is 5. The summed E-state index contributed by atoms with van der Waals surface area (Å²) >= 11 is 0. The normalized spacial score (nSPS) is 27.1. The molecule has 1 saturated carbocycles. The zero-order valence-electron chi connectivity index (χ0n) is 16.9. The number of hydrogen-bond acceptors (Lipinski definition) is 6. The van der Waals surface area contributed by atoms with Gasteiger partial charge in [-0.15, -0.1) is 0 Å². The summed E-state index contributed by atoms with van der Waals surface area (Å²) in [5.74, 6) is 0.998. The van der Waals surface area contributed by atoms with Gasteiger partial charge in [-0.2, -0.15) is 4.98 Å². The van der Waals surface area contributed by atoms with Crippen molar-refractivity contribution in [3.8, 4) is 0 Å². The third-order valence-corrected chi connectivity index (χ3v) is 7.29. The summed E-state index contributed by atoms with van der Waals surface area (Å²) in [7, 11) is -3.31. The SMILES string of the molecule is Cc1cccc(CC(=O)N[C@@H]2C[C@H]3CN(S(C)(=O)=O)C[C@@]3(c3nc(C)no3)C2)c1. The molecule has 3 atom stereocenters. The maximum absolute atomic E-state index is 12.6. The molecule has 9 heteroatoms. The van der Waals surface area contributed by atoms with Gasteiger partial charge in [0.1, 0.15) is 0 Å². The summed E-state index contributed by atoms with van der Waals surface area (Å²) in [6.07, 6.45) is 2.82. The van der Waals surface area contributed by atoms with Crippen LogP contribution in [0.25, 0.3) is 0 Å². The number of sulfonamides is 1. The Labute approximate surface area is 170 Å². The molecule has 0 spiro atoms. The van der Waals surface area contributed by atoms with Crippen molar-refractivity contribution in [2.75, 3.05) is 19.3 Å². The van der Waals surface area contributed by atoms with Gasteiger partial charge >= 0.3 is 0 Å². The van der Waals surface area contributed by atoms with Crippen molar-refractivity contribution in [2.24, 2.45) is 5.92 Å². The number of fused-ring (bicyclic) bond motifs is 1. The maximum atomic E-state index is 12.6. The monoisotopic (exact) mass is 418 g/mol. The van der Waals surface area contributed by atoms with E-state index < -0.39 is 15.4 Å². The molecule has 0 bridgehead atoms. The molecular formula is C20H26N4O4S. The molecule has 2 heterocycles. The lowest BCUT2D eigenvalue weighted by Gasteiger charge is -2.24. The van der Waals surface area contributed by atoms with Crippen LogP contribution in [0.5, 0.6) is 0 Å². The zero-order chi connectivity index (χ0) is 20.8. The molecule has 2 aliphatic rings. The van der Waals surface area contributed by atoms with Crippen molar-refractivity contribution < 1.29 is 17.7 Å². The van der Waals surface area contributed by atoms with Crippen LogP contribution in [0.4, 0.5) is 0 Å². The highest BCUT2D eigenvalue weighted by atomic mass is 32.2. The Morgan fingerprint density at radius 1 is 1.38 bits per heavy atom. The van der Waals surface area contributed by atoms with Crippen LogP contribution >= 0.6 is 0 Å². The van der Waals surface area contributed by atoms with Crippen LogP contribution in [0.1, 0.15) is 35.7 Å². The van der Waals surface area contributed by atoms with E-state index in [0.717, 1.165) is 11.1 Å². The third kappa shape index (κ3) is 3.93. The molecule has 2 aromatic rings. The van der Waals surface area contributed by atoms with Crippen LogP contribution in [-0.4, -0.2) is 54.2 Å². The van der Waals surface area contributed by atoms with Crippen molar-refractivity contribution in [3.63, 3.8) is 0 Å². The largest absolute Gasteiger partial charge is 0.353 e. The van der Waals surface area contributed by atoms with Crippen LogP contribution in [0.3, 0.4) is 0 Å². The van der Waals surface area contributed by atoms with Crippen molar-refractivity contribution in [2.45, 2.75) is 44.6 Å². The van der Waals surface area contributed by atoms with Gasteiger partial charge in [-0.1, -0.05) is 35.0 Å². The second-order valence-electron chi connectivity index (χ2n) is 8.43. The van der Waals surface area contributed by atoms with Crippen molar-refractivity contribution in [3.05, 3.63) is 47.1 Å². The number of benzene rings is 1. The lowest BCUT2D eigenvalue weighted by atomic mass is 9.80. The number of amides is 1. The minimum Gasteiger partial charge on any atom is -0.353 e. The zero-order valence-corrected chi connectivity index (χ0v) is 17.7. The van der Waals surface area contributed by atoms with E-state index in [9.17, 15) is 13.2 Å². The molecule has 1 aromatic carbocycles. The molecule has 29 heavy (non-hydrogen) atoms. The predicted octanol–water partition coefficient (Wildman–Crippen LogP) is 1.34. The first kappa shape index (κ1) is 20.0. The summed E-state index contributed by atoms with van der Waals surface area (Å²) in [6.45, 7) is 4.47. The second kappa shape index (κ2) is 7.21. The van der Waals surface area contributed by atoms with Crippen molar-refractivity contribution in [1.29, 1.82) is 0 Å². The van der Waals surface area contributed by atoms with E-state index >= 15 is 0 Å². The molecule has 1 aromatic heterocycles. The molecule has 1 amide bonds. The highest BCUT2D eigenvalue weighted by molar-refractivity contribution is 7.88. The number of aromatic nitrogens is 2. The topological polar surface area (TPSA) is 105 Å². The molecule has 1 N–H and O–H groups in total. The Morgan fingerprint density at radius 3 is 2.83 bits per heavy atom. The summed E-state index contributed by atoms with van der Waals surface area (Å²) in [6, 6.07) is 7.86. The molecule has 1 aliphatic heterocycles. The molecular weight excluding hydrogens is 392 g/mol. The van der Waals surface area contributed by atoms with Crippen LogP contribution in [-0.2, 0) is 26.7 Å². The number of nitrogens with zero attached hydrogens (tertiary/aromatic N) is 3. The fourth-order valence-electron chi connectivity index (χ4n) is 4.80. The van der Waals surface area contributed by atoms with Gasteiger partial charge in [0.15, 0.2) is 5.82 Å². The standard InChI is InChI=1S/C20H26N4O4S/c1-13-5-4-6-15(7-13)8-18(25)22-17-9-16-11-24(29(3,26)27)12-20(16,10-17)19-21-14(2)23-28-19/h4-7,16-17H,8-12H2,1-3H3,(H,22,25)/t16-,17+,20-/m0/s1. The fourth-order valence-corrected chi connectivity index (χ4v) is 5.72. The minimum atomic E-state index is -3.31. The number of aryl methyl sites for hydroxylation is 2. The lowest BCUT2D eigenvalue weighted by Crippen LogP contribution is -2.39. The Morgan fingerprint density at radius 2 is 2.17 bits per heavy atom. The summed E-state index contributed by atoms with van der Waals surface area (Å²) in [5.41, 5.74) is 1.55. The van der Waals surface area contributed by atoms with Crippen LogP contribution in [0, 0.1) is 19.8 Å². The van der Waals surface area contributed by atoms with Gasteiger partial charge in [-0.05, 0) is 38.2 Å². The lowest BCUT2D eigenvalue weighted by molar-refractivity contribution is -0.121. The van der Waals surface area contributed by atoms with Gasteiger partial charge < -0.3 is 9.84 Å². The maximum Gasteiger partial charge on any atom is 0.234 e. The number of nitrogens with one attached hydrogen (secondary N) is 1. The smallest absolute Gasteiger partial charge is 0.234 e. The van der Waals surface area contributed by atoms with Gasteiger partial charge in [0.05, 0.1) is 18.1 Å². The Hall–Kier alpha value is -2.26. The molecule has 8 nitrogen and oxygen atoms in total. The van der Waals surface area contributed by atoms with E-state index in [-0.39, 0.29) is 17.9 Å². The molecule has 4 rings (SSSR count). The van der Waals surface area contributed by atoms with E-state index in [1.165, 1.54) is 10.6 Å². The van der Waals surface area contributed by atoms with E-state index in [1.807, 2.05) is 31.2 Å². The fraction of sp³-hybridized carbons (Fsp3) is 0.550. The van der Waals surface area contributed by atoms with Crippen molar-refractivity contribution >= 4 is 15.9 Å². The summed E-state index contributed by atoms with van der Waals surface area (Å²) in [5, 5.41) is 7.05. The molecule has 1 aliphatic carbocycles. The minimum absolute atomic E-state index is 0.0290. The Kier molecular flexibility index (Phi) is 4.98. The Bertz CT molecular complexity index is 1030. The third-order valence-electron chi connectivity index (χ3n) is 6.08. The molecule has 156 valence electrons. The van der Waals surface area contributed by atoms with Gasteiger partial charge in [0.25, 0.3) is 0 Å². The van der Waals surface area contributed by atoms with E-state index in [0.29, 0.717) is 44.1 Å². The van der Waals surface area contributed by atoms with Crippen molar-refractivity contribution in [1.82, 2.24) is 19.8 Å². The van der Waals surface area contributed by atoms with Crippen LogP contribution in [0.2, 0.25) is 0 Å². The van der Waals surface area contributed by atoms with Gasteiger partial charge in [-0.3, -0.25) is 4.79 Å². The highest BCUT2D eigenvalue weighted by Gasteiger charge is 2.58. The molecule has 1 saturated heterocycles. The highest BCUT2D eigenvalue weighted by Crippen LogP contribution is 2.50. The van der Waals surface area contributed by atoms with E-state index in [4.69, 9.17) is 4.52 Å². The van der Waals surface area contributed by atoms with Gasteiger partial charge in [0, 0.05) is 19.1 Å². The summed E-state index contributed by atoms with van der Waals surface area (Å²) < 4.78 is 31.2. The first-order valence-electron chi connectivity index (χ1n) is 9.76. The first-order chi connectivity index (χ1) is 13.7. The van der Waals surface area contributed by atoms with E-state index in [1.54, 1.807) is 6.92 Å². The molecule has 0 unspecified atom stereocenters. The average Bonchev–Trinajstić information content (AvgIpc) is 3.26. The van der Waals surface area contributed by atoms with E-state index in [2.05, 4.69) is 15.5 Å². The van der Waals surface area contributed by atoms with Gasteiger partial charge in [-0.25, -0.2) is 12.7 Å². The number of carbonyl (C=O) groups excluding carboxylic acids is 1. The number of hydrogen-bond donors (Lipinski definition) is 1. The average molecular weight is 419 g/mol. The number of carbonyl (C=O) groups is 1. The van der Waals surface area contributed by atoms with Gasteiger partial charge in [0.2, 0.25) is 21.8 Å². The molecule has 2 fully saturated rings. The molecule has 0 radical (unpaired) electrons. The second-order valence-corrected chi connectivity index (χ2v) is 10.4. The Balaban J connectivity index is 1.51. The summed E-state index contributed by atoms with van der Waals surface area (Å²) in [4.78, 5) is 17.0. The predicted molar refractivity (Wildman–Crippen MR) is 107 cm³/mol.